The van der Waals surface area contributed by atoms with Gasteiger partial charge in [-0.3, -0.25) is 9.59 Å². The Morgan fingerprint density at radius 3 is 2.37 bits per heavy atom. The van der Waals surface area contributed by atoms with Crippen LogP contribution in [0.15, 0.2) is 102 Å². The summed E-state index contributed by atoms with van der Waals surface area (Å²) in [6.45, 7) is 4.06. The number of carbonyl (C=O) groups excluding carboxylic acids is 2. The summed E-state index contributed by atoms with van der Waals surface area (Å²) in [5, 5.41) is 13.4. The molecule has 38 heavy (non-hydrogen) atoms. The van der Waals surface area contributed by atoms with E-state index in [0.29, 0.717) is 28.4 Å². The number of amides is 1. The highest BCUT2D eigenvalue weighted by Gasteiger charge is 2.46. The van der Waals surface area contributed by atoms with Crippen molar-refractivity contribution < 1.29 is 24.2 Å². The van der Waals surface area contributed by atoms with E-state index >= 15 is 0 Å². The van der Waals surface area contributed by atoms with Crippen LogP contribution in [0.25, 0.3) is 5.76 Å². The molecule has 1 atom stereocenters. The summed E-state index contributed by atoms with van der Waals surface area (Å²) >= 11 is 1.50. The highest BCUT2D eigenvalue weighted by molar-refractivity contribution is 7.09. The summed E-state index contributed by atoms with van der Waals surface area (Å²) in [5.41, 5.74) is 1.09. The lowest BCUT2D eigenvalue weighted by molar-refractivity contribution is -0.140. The number of nitrogens with zero attached hydrogens (tertiary/aromatic N) is 1. The molecular formula is C31H27NO5S. The molecule has 1 aromatic heterocycles. The van der Waals surface area contributed by atoms with Gasteiger partial charge in [0.05, 0.1) is 24.3 Å². The normalized spacial score (nSPS) is 16.7. The summed E-state index contributed by atoms with van der Waals surface area (Å²) in [7, 11) is 0. The Bertz CT molecular complexity index is 1480. The predicted octanol–water partition coefficient (Wildman–Crippen LogP) is 6.95. The third-order valence-corrected chi connectivity index (χ3v) is 6.94. The minimum atomic E-state index is -0.800. The summed E-state index contributed by atoms with van der Waals surface area (Å²) < 4.78 is 11.8. The molecule has 0 saturated carbocycles. The number of aliphatic hydroxyl groups excluding tert-OH is 1. The van der Waals surface area contributed by atoms with E-state index in [4.69, 9.17) is 9.47 Å². The van der Waals surface area contributed by atoms with Gasteiger partial charge in [-0.05, 0) is 67.3 Å². The monoisotopic (exact) mass is 525 g/mol. The van der Waals surface area contributed by atoms with Crippen molar-refractivity contribution in [2.24, 2.45) is 0 Å². The molecule has 0 radical (unpaired) electrons. The van der Waals surface area contributed by atoms with Gasteiger partial charge in [0.2, 0.25) is 0 Å². The molecule has 192 valence electrons. The fourth-order valence-electron chi connectivity index (χ4n) is 4.48. The summed E-state index contributed by atoms with van der Waals surface area (Å²) in [6.07, 6.45) is -0.0591. The van der Waals surface area contributed by atoms with Crippen LogP contribution < -0.4 is 9.47 Å². The molecule has 0 spiro atoms. The molecule has 1 unspecified atom stereocenters. The smallest absolute Gasteiger partial charge is 0.295 e. The Kier molecular flexibility index (Phi) is 7.29. The van der Waals surface area contributed by atoms with Crippen LogP contribution >= 0.6 is 11.3 Å². The van der Waals surface area contributed by atoms with Crippen molar-refractivity contribution in [3.63, 3.8) is 0 Å². The van der Waals surface area contributed by atoms with Gasteiger partial charge in [0, 0.05) is 10.4 Å². The van der Waals surface area contributed by atoms with E-state index in [9.17, 15) is 14.7 Å². The quantitative estimate of drug-likeness (QED) is 0.153. The third-order valence-electron chi connectivity index (χ3n) is 6.08. The van der Waals surface area contributed by atoms with Crippen molar-refractivity contribution in [2.45, 2.75) is 32.5 Å². The summed E-state index contributed by atoms with van der Waals surface area (Å²) in [4.78, 5) is 29.2. The third kappa shape index (κ3) is 5.33. The number of ether oxygens (including phenoxy) is 2. The van der Waals surface area contributed by atoms with Crippen molar-refractivity contribution in [2.75, 3.05) is 0 Å². The Hall–Kier alpha value is -4.36. The second kappa shape index (κ2) is 10.9. The molecule has 2 heterocycles. The van der Waals surface area contributed by atoms with E-state index in [0.717, 1.165) is 4.88 Å². The summed E-state index contributed by atoms with van der Waals surface area (Å²) in [5.74, 6) is 0.154. The molecule has 4 aromatic rings. The maximum Gasteiger partial charge on any atom is 0.295 e. The predicted molar refractivity (Wildman–Crippen MR) is 147 cm³/mol. The van der Waals surface area contributed by atoms with Crippen LogP contribution in [-0.2, 0) is 16.1 Å². The number of hydrogen-bond donors (Lipinski definition) is 1. The van der Waals surface area contributed by atoms with Gasteiger partial charge in [0.1, 0.15) is 23.0 Å². The van der Waals surface area contributed by atoms with Crippen LogP contribution in [0.2, 0.25) is 0 Å². The Morgan fingerprint density at radius 1 is 0.895 bits per heavy atom. The minimum absolute atomic E-state index is 0.0325. The van der Waals surface area contributed by atoms with Gasteiger partial charge in [0.15, 0.2) is 0 Å². The molecule has 6 nitrogen and oxygen atoms in total. The van der Waals surface area contributed by atoms with Crippen molar-refractivity contribution in [3.8, 4) is 17.2 Å². The second-order valence-electron chi connectivity index (χ2n) is 9.19. The fourth-order valence-corrected chi connectivity index (χ4v) is 5.18. The van der Waals surface area contributed by atoms with Crippen molar-refractivity contribution in [3.05, 3.63) is 118 Å². The Labute approximate surface area is 225 Å². The number of hydrogen-bond acceptors (Lipinski definition) is 6. The molecule has 1 N–H and O–H groups in total. The largest absolute Gasteiger partial charge is 0.507 e. The maximum atomic E-state index is 13.4. The van der Waals surface area contributed by atoms with Crippen LogP contribution in [0, 0.1) is 0 Å². The van der Waals surface area contributed by atoms with Gasteiger partial charge in [0.25, 0.3) is 11.7 Å². The molecule has 1 aliphatic rings. The Morgan fingerprint density at radius 2 is 1.63 bits per heavy atom. The first kappa shape index (κ1) is 25.3. The Balaban J connectivity index is 1.60. The number of carbonyl (C=O) groups is 2. The number of para-hydroxylation sites is 1. The average molecular weight is 526 g/mol. The molecule has 0 aliphatic carbocycles. The zero-order chi connectivity index (χ0) is 26.6. The van der Waals surface area contributed by atoms with Crippen LogP contribution in [-0.4, -0.2) is 27.8 Å². The van der Waals surface area contributed by atoms with Crippen LogP contribution in [0.3, 0.4) is 0 Å². The number of thiophene rings is 1. The summed E-state index contributed by atoms with van der Waals surface area (Å²) in [6, 6.07) is 26.6. The number of benzene rings is 3. The lowest BCUT2D eigenvalue weighted by Crippen LogP contribution is -2.28. The number of ketones is 1. The van der Waals surface area contributed by atoms with E-state index in [-0.39, 0.29) is 24.0 Å². The van der Waals surface area contributed by atoms with E-state index < -0.39 is 17.7 Å². The highest BCUT2D eigenvalue weighted by Crippen LogP contribution is 2.42. The van der Waals surface area contributed by atoms with Gasteiger partial charge in [-0.25, -0.2) is 0 Å². The van der Waals surface area contributed by atoms with Crippen LogP contribution in [0.4, 0.5) is 0 Å². The van der Waals surface area contributed by atoms with Gasteiger partial charge in [-0.1, -0.05) is 48.5 Å². The molecule has 0 bridgehead atoms. The maximum absolute atomic E-state index is 13.4. The molecule has 1 saturated heterocycles. The zero-order valence-electron chi connectivity index (χ0n) is 21.0. The average Bonchev–Trinajstić information content (AvgIpc) is 3.51. The van der Waals surface area contributed by atoms with Crippen LogP contribution in [0.5, 0.6) is 17.2 Å². The molecule has 3 aromatic carbocycles. The zero-order valence-corrected chi connectivity index (χ0v) is 21.9. The van der Waals surface area contributed by atoms with Crippen LogP contribution in [0.1, 0.15) is 35.9 Å². The van der Waals surface area contributed by atoms with Gasteiger partial charge < -0.3 is 19.5 Å². The SMILES string of the molecule is CC(C)Oc1cccc(/C(O)=C2/C(=O)C(=O)N(Cc3cccs3)C2c2cccc(Oc3ccccc3)c2)c1. The molecule has 7 heteroatoms. The molecule has 1 amide bonds. The molecular weight excluding hydrogens is 498 g/mol. The van der Waals surface area contributed by atoms with Crippen molar-refractivity contribution in [1.82, 2.24) is 4.90 Å². The van der Waals surface area contributed by atoms with Gasteiger partial charge in [-0.15, -0.1) is 11.3 Å². The van der Waals surface area contributed by atoms with Gasteiger partial charge >= 0.3 is 0 Å². The lowest BCUT2D eigenvalue weighted by atomic mass is 9.95. The molecule has 1 aliphatic heterocycles. The highest BCUT2D eigenvalue weighted by atomic mass is 32.1. The fraction of sp³-hybridized carbons (Fsp3) is 0.161. The number of rotatable bonds is 8. The number of aliphatic hydroxyl groups is 1. The van der Waals surface area contributed by atoms with Gasteiger partial charge in [-0.2, -0.15) is 0 Å². The number of likely N-dealkylation sites (tertiary alicyclic amines) is 1. The first-order valence-electron chi connectivity index (χ1n) is 12.3. The second-order valence-corrected chi connectivity index (χ2v) is 10.2. The van der Waals surface area contributed by atoms with E-state index in [1.165, 1.54) is 16.2 Å². The first-order chi connectivity index (χ1) is 18.4. The van der Waals surface area contributed by atoms with E-state index in [2.05, 4.69) is 0 Å². The molecule has 1 fully saturated rings. The van der Waals surface area contributed by atoms with Crippen molar-refractivity contribution >= 4 is 28.8 Å². The van der Waals surface area contributed by atoms with E-state index in [1.807, 2.05) is 79.9 Å². The number of Topliss-reactive ketones (excluding diaryl/α,β-unsaturated/α-hetero) is 1. The standard InChI is InChI=1S/C31H27NO5S/c1-20(2)36-24-13-7-10-22(18-24)29(33)27-28(32(31(35)30(27)34)19-26-15-8-16-38-26)21-9-6-14-25(17-21)37-23-11-4-3-5-12-23/h3-18,20,28,33H,19H2,1-2H3/b29-27-. The van der Waals surface area contributed by atoms with Crippen molar-refractivity contribution in [1.29, 1.82) is 0 Å². The topological polar surface area (TPSA) is 76.1 Å². The minimum Gasteiger partial charge on any atom is -0.507 e. The lowest BCUT2D eigenvalue weighted by Gasteiger charge is -2.25. The first-order valence-corrected chi connectivity index (χ1v) is 13.2. The molecule has 5 rings (SSSR count). The van der Waals surface area contributed by atoms with E-state index in [1.54, 1.807) is 30.3 Å².